The van der Waals surface area contributed by atoms with E-state index in [-0.39, 0.29) is 18.1 Å². The Bertz CT molecular complexity index is 1190. The van der Waals surface area contributed by atoms with E-state index in [0.717, 1.165) is 10.0 Å². The molecule has 154 valence electrons. The highest BCUT2D eigenvalue weighted by atomic mass is 79.9. The Labute approximate surface area is 183 Å². The van der Waals surface area contributed by atoms with Crippen LogP contribution in [-0.4, -0.2) is 29.1 Å². The molecule has 1 heterocycles. The number of benzene rings is 2. The van der Waals surface area contributed by atoms with E-state index in [1.165, 1.54) is 4.68 Å². The van der Waals surface area contributed by atoms with Crippen LogP contribution in [0, 0.1) is 12.3 Å². The number of hydrogen-bond acceptors (Lipinski definition) is 5. The largest absolute Gasteiger partial charge is 0.490 e. The number of terminal acetylenes is 1. The first kappa shape index (κ1) is 21.6. The minimum Gasteiger partial charge on any atom is -0.490 e. The molecular weight excluding hydrogens is 446 g/mol. The van der Waals surface area contributed by atoms with E-state index in [1.54, 1.807) is 24.4 Å². The predicted molar refractivity (Wildman–Crippen MR) is 123 cm³/mol. The van der Waals surface area contributed by atoms with Crippen LogP contribution < -0.4 is 15.0 Å². The average molecular weight is 468 g/mol. The Kier molecular flexibility index (Phi) is 6.91. The fourth-order valence-electron chi connectivity index (χ4n) is 2.89. The zero-order valence-corrected chi connectivity index (χ0v) is 18.6. The van der Waals surface area contributed by atoms with Crippen molar-refractivity contribution in [3.63, 3.8) is 0 Å². The van der Waals surface area contributed by atoms with Crippen molar-refractivity contribution in [2.45, 2.75) is 26.7 Å². The normalized spacial score (nSPS) is 11.2. The van der Waals surface area contributed by atoms with E-state index in [9.17, 15) is 4.79 Å². The monoisotopic (exact) mass is 467 g/mol. The summed E-state index contributed by atoms with van der Waals surface area (Å²) < 4.78 is 13.3. The molecule has 6 nitrogen and oxygen atoms in total. The number of fused-ring (bicyclic) bond motifs is 1. The molecule has 30 heavy (non-hydrogen) atoms. The number of aromatic nitrogens is 2. The van der Waals surface area contributed by atoms with Gasteiger partial charge in [0, 0.05) is 10.4 Å². The van der Waals surface area contributed by atoms with Crippen molar-refractivity contribution in [1.82, 2.24) is 9.66 Å². The lowest BCUT2D eigenvalue weighted by Gasteiger charge is -2.12. The molecule has 0 aliphatic heterocycles. The summed E-state index contributed by atoms with van der Waals surface area (Å²) in [6, 6.07) is 10.8. The zero-order valence-electron chi connectivity index (χ0n) is 17.1. The summed E-state index contributed by atoms with van der Waals surface area (Å²) >= 11 is 3.41. The lowest BCUT2D eigenvalue weighted by atomic mass is 10.2. The number of halogens is 1. The molecule has 0 spiro atoms. The van der Waals surface area contributed by atoms with Crippen LogP contribution in [-0.2, 0) is 0 Å². The summed E-state index contributed by atoms with van der Waals surface area (Å²) in [5.41, 5.74) is 1.18. The van der Waals surface area contributed by atoms with Gasteiger partial charge in [0.2, 0.25) is 0 Å². The second-order valence-corrected chi connectivity index (χ2v) is 7.70. The number of nitrogens with zero attached hydrogens (tertiary/aromatic N) is 3. The molecule has 0 saturated carbocycles. The number of rotatable bonds is 7. The SMILES string of the molecule is C#CCOc1ccc(C=Nn2c(C(C)C)nc3ccc(Br)cc3c2=O)cc1OCC. The van der Waals surface area contributed by atoms with Gasteiger partial charge < -0.3 is 9.47 Å². The molecule has 7 heteroatoms. The van der Waals surface area contributed by atoms with Gasteiger partial charge >= 0.3 is 0 Å². The summed E-state index contributed by atoms with van der Waals surface area (Å²) in [7, 11) is 0. The molecule has 2 aromatic carbocycles. The molecule has 1 aromatic heterocycles. The highest BCUT2D eigenvalue weighted by molar-refractivity contribution is 9.10. The summed E-state index contributed by atoms with van der Waals surface area (Å²) in [5.74, 6) is 4.16. The minimum absolute atomic E-state index is 0.0152. The van der Waals surface area contributed by atoms with Crippen LogP contribution in [0.15, 0.2) is 50.8 Å². The fraction of sp³-hybridized carbons (Fsp3) is 0.261. The van der Waals surface area contributed by atoms with Crippen LogP contribution in [0.3, 0.4) is 0 Å². The highest BCUT2D eigenvalue weighted by Crippen LogP contribution is 2.28. The van der Waals surface area contributed by atoms with Gasteiger partial charge in [0.25, 0.3) is 5.56 Å². The van der Waals surface area contributed by atoms with E-state index in [2.05, 4.69) is 31.9 Å². The first-order valence-electron chi connectivity index (χ1n) is 9.54. The van der Waals surface area contributed by atoms with Crippen molar-refractivity contribution >= 4 is 33.0 Å². The Balaban J connectivity index is 2.06. The van der Waals surface area contributed by atoms with E-state index in [1.807, 2.05) is 39.0 Å². The van der Waals surface area contributed by atoms with Crippen LogP contribution in [0.1, 0.15) is 38.1 Å². The highest BCUT2D eigenvalue weighted by Gasteiger charge is 2.14. The molecule has 0 saturated heterocycles. The maximum atomic E-state index is 13.1. The Morgan fingerprint density at radius 2 is 2.03 bits per heavy atom. The molecule has 0 bridgehead atoms. The molecule has 3 aromatic rings. The van der Waals surface area contributed by atoms with Gasteiger partial charge in [0.15, 0.2) is 11.5 Å². The maximum absolute atomic E-state index is 13.1. The standard InChI is InChI=1S/C23H22BrN3O3/c1-5-11-30-20-10-7-16(12-21(20)29-6-2)14-25-27-22(15(3)4)26-19-9-8-17(24)13-18(19)23(27)28/h1,7-10,12-15H,6,11H2,2-4H3. The predicted octanol–water partition coefficient (Wildman–Crippen LogP) is 4.58. The Hall–Kier alpha value is -3.11. The van der Waals surface area contributed by atoms with Gasteiger partial charge in [-0.1, -0.05) is 35.7 Å². The molecule has 0 N–H and O–H groups in total. The molecule has 3 rings (SSSR count). The molecule has 0 unspecified atom stereocenters. The van der Waals surface area contributed by atoms with Gasteiger partial charge in [-0.3, -0.25) is 4.79 Å². The summed E-state index contributed by atoms with van der Waals surface area (Å²) in [6.45, 7) is 6.47. The molecular formula is C23H22BrN3O3. The molecule has 0 aliphatic carbocycles. The van der Waals surface area contributed by atoms with Crippen LogP contribution in [0.25, 0.3) is 10.9 Å². The van der Waals surface area contributed by atoms with E-state index < -0.39 is 0 Å². The van der Waals surface area contributed by atoms with Crippen molar-refractivity contribution in [2.75, 3.05) is 13.2 Å². The van der Waals surface area contributed by atoms with E-state index in [4.69, 9.17) is 15.9 Å². The third-order valence-corrected chi connectivity index (χ3v) is 4.74. The summed E-state index contributed by atoms with van der Waals surface area (Å²) in [5, 5.41) is 4.94. The first-order chi connectivity index (χ1) is 14.4. The van der Waals surface area contributed by atoms with E-state index >= 15 is 0 Å². The van der Waals surface area contributed by atoms with Crippen LogP contribution in [0.5, 0.6) is 11.5 Å². The topological polar surface area (TPSA) is 65.7 Å². The van der Waals surface area contributed by atoms with Crippen molar-refractivity contribution in [3.05, 3.63) is 62.6 Å². The van der Waals surface area contributed by atoms with Gasteiger partial charge in [-0.15, -0.1) is 6.42 Å². The third kappa shape index (κ3) is 4.71. The molecule has 0 fully saturated rings. The first-order valence-corrected chi connectivity index (χ1v) is 10.3. The van der Waals surface area contributed by atoms with Crippen molar-refractivity contribution < 1.29 is 9.47 Å². The lowest BCUT2D eigenvalue weighted by molar-refractivity contribution is 0.299. The van der Waals surface area contributed by atoms with Crippen molar-refractivity contribution in [2.24, 2.45) is 5.10 Å². The third-order valence-electron chi connectivity index (χ3n) is 4.25. The van der Waals surface area contributed by atoms with E-state index in [0.29, 0.717) is 34.8 Å². The molecule has 0 radical (unpaired) electrons. The van der Waals surface area contributed by atoms with Crippen LogP contribution in [0.2, 0.25) is 0 Å². The molecule has 0 aliphatic rings. The molecule has 0 amide bonds. The van der Waals surface area contributed by atoms with Gasteiger partial charge in [-0.2, -0.15) is 9.78 Å². The quantitative estimate of drug-likeness (QED) is 0.376. The zero-order chi connectivity index (χ0) is 21.7. The second kappa shape index (κ2) is 9.59. The Morgan fingerprint density at radius 3 is 2.73 bits per heavy atom. The molecule has 0 atom stereocenters. The van der Waals surface area contributed by atoms with Gasteiger partial charge in [-0.25, -0.2) is 4.98 Å². The smallest absolute Gasteiger partial charge is 0.282 e. The van der Waals surface area contributed by atoms with Gasteiger partial charge in [-0.05, 0) is 48.9 Å². The number of hydrogen-bond donors (Lipinski definition) is 0. The maximum Gasteiger partial charge on any atom is 0.282 e. The van der Waals surface area contributed by atoms with Crippen LogP contribution in [0.4, 0.5) is 0 Å². The minimum atomic E-state index is -0.222. The van der Waals surface area contributed by atoms with Crippen molar-refractivity contribution in [1.29, 1.82) is 0 Å². The second-order valence-electron chi connectivity index (χ2n) is 6.78. The summed E-state index contributed by atoms with van der Waals surface area (Å²) in [4.78, 5) is 17.7. The summed E-state index contributed by atoms with van der Waals surface area (Å²) in [6.07, 6.45) is 6.87. The average Bonchev–Trinajstić information content (AvgIpc) is 2.72. The van der Waals surface area contributed by atoms with Gasteiger partial charge in [0.05, 0.1) is 23.7 Å². The lowest BCUT2D eigenvalue weighted by Crippen LogP contribution is -2.23. The Morgan fingerprint density at radius 1 is 1.23 bits per heavy atom. The number of ether oxygens (including phenoxy) is 2. The van der Waals surface area contributed by atoms with Gasteiger partial charge in [0.1, 0.15) is 12.4 Å². The van der Waals surface area contributed by atoms with Crippen LogP contribution >= 0.6 is 15.9 Å². The van der Waals surface area contributed by atoms with Crippen molar-refractivity contribution in [3.8, 4) is 23.8 Å². The fourth-order valence-corrected chi connectivity index (χ4v) is 3.25.